The number of likely N-dealkylation sites (tertiary alicyclic amines) is 1. The van der Waals surface area contributed by atoms with Crippen LogP contribution < -0.4 is 10.2 Å². The minimum absolute atomic E-state index is 0.00848. The summed E-state index contributed by atoms with van der Waals surface area (Å²) in [4.78, 5) is 40.4. The first kappa shape index (κ1) is 21.1. The Morgan fingerprint density at radius 1 is 0.935 bits per heavy atom. The smallest absolute Gasteiger partial charge is 0.251 e. The number of amides is 3. The number of nitrogens with one attached hydrogen (secondary N) is 1. The molecule has 2 aliphatic heterocycles. The van der Waals surface area contributed by atoms with Gasteiger partial charge in [0.25, 0.3) is 5.91 Å². The lowest BCUT2D eigenvalue weighted by Gasteiger charge is -2.32. The van der Waals surface area contributed by atoms with E-state index in [-0.39, 0.29) is 24.3 Å². The average molecular weight is 420 g/mol. The molecule has 0 saturated carbocycles. The van der Waals surface area contributed by atoms with Crippen molar-refractivity contribution in [2.75, 3.05) is 31.1 Å². The molecule has 2 aromatic rings. The minimum Gasteiger partial charge on any atom is -0.343 e. The first-order valence-electron chi connectivity index (χ1n) is 11.1. The van der Waals surface area contributed by atoms with E-state index in [1.807, 2.05) is 11.0 Å². The molecule has 2 saturated heterocycles. The molecule has 162 valence electrons. The summed E-state index contributed by atoms with van der Waals surface area (Å²) in [7, 11) is 0. The summed E-state index contributed by atoms with van der Waals surface area (Å²) in [6.45, 7) is 2.21. The highest BCUT2D eigenvalue weighted by molar-refractivity contribution is 5.98. The van der Waals surface area contributed by atoms with Gasteiger partial charge in [-0.05, 0) is 61.4 Å². The van der Waals surface area contributed by atoms with Crippen LogP contribution in [0.3, 0.4) is 0 Å². The summed E-state index contributed by atoms with van der Waals surface area (Å²) in [5.74, 6) is 0.412. The van der Waals surface area contributed by atoms with Crippen LogP contribution in [0.15, 0.2) is 54.6 Å². The van der Waals surface area contributed by atoms with E-state index in [1.54, 1.807) is 29.2 Å². The lowest BCUT2D eigenvalue weighted by molar-refractivity contribution is -0.131. The molecule has 0 atom stereocenters. The summed E-state index contributed by atoms with van der Waals surface area (Å²) in [6, 6.07) is 17.5. The van der Waals surface area contributed by atoms with Gasteiger partial charge in [0.15, 0.2) is 0 Å². The Kier molecular flexibility index (Phi) is 6.65. The molecular formula is C25H29N3O3. The van der Waals surface area contributed by atoms with Crippen LogP contribution in [0.5, 0.6) is 0 Å². The first-order valence-corrected chi connectivity index (χ1v) is 11.1. The van der Waals surface area contributed by atoms with E-state index in [4.69, 9.17) is 0 Å². The number of piperidine rings is 1. The predicted molar refractivity (Wildman–Crippen MR) is 120 cm³/mol. The fourth-order valence-corrected chi connectivity index (χ4v) is 4.42. The molecule has 6 nitrogen and oxygen atoms in total. The van der Waals surface area contributed by atoms with E-state index in [1.165, 1.54) is 5.56 Å². The number of hydrogen-bond donors (Lipinski definition) is 1. The van der Waals surface area contributed by atoms with Gasteiger partial charge in [-0.1, -0.05) is 30.3 Å². The van der Waals surface area contributed by atoms with E-state index in [2.05, 4.69) is 29.6 Å². The molecule has 1 N–H and O–H groups in total. The number of benzene rings is 2. The van der Waals surface area contributed by atoms with Crippen molar-refractivity contribution in [3.05, 3.63) is 65.7 Å². The Morgan fingerprint density at radius 2 is 1.65 bits per heavy atom. The number of anilines is 1. The van der Waals surface area contributed by atoms with Crippen molar-refractivity contribution in [3.63, 3.8) is 0 Å². The largest absolute Gasteiger partial charge is 0.343 e. The van der Waals surface area contributed by atoms with Crippen LogP contribution in [0.1, 0.15) is 41.6 Å². The molecule has 0 aromatic heterocycles. The monoisotopic (exact) mass is 419 g/mol. The normalized spacial score (nSPS) is 17.1. The van der Waals surface area contributed by atoms with E-state index in [0.717, 1.165) is 51.0 Å². The molecule has 2 fully saturated rings. The number of hydrogen-bond acceptors (Lipinski definition) is 3. The zero-order chi connectivity index (χ0) is 21.6. The molecule has 2 heterocycles. The van der Waals surface area contributed by atoms with E-state index in [9.17, 15) is 14.4 Å². The third-order valence-corrected chi connectivity index (χ3v) is 6.25. The summed E-state index contributed by atoms with van der Waals surface area (Å²) in [5, 5.41) is 2.73. The Balaban J connectivity index is 1.21. The minimum atomic E-state index is -0.272. The lowest BCUT2D eigenvalue weighted by Crippen LogP contribution is -2.44. The van der Waals surface area contributed by atoms with E-state index < -0.39 is 0 Å². The molecule has 2 aromatic carbocycles. The zero-order valence-electron chi connectivity index (χ0n) is 17.8. The molecular weight excluding hydrogens is 390 g/mol. The summed E-state index contributed by atoms with van der Waals surface area (Å²) in [5.41, 5.74) is 2.65. The van der Waals surface area contributed by atoms with E-state index >= 15 is 0 Å². The maximum absolute atomic E-state index is 12.5. The molecule has 4 rings (SSSR count). The Labute approximate surface area is 183 Å². The predicted octanol–water partition coefficient (Wildman–Crippen LogP) is 3.02. The molecule has 0 unspecified atom stereocenters. The van der Waals surface area contributed by atoms with Crippen molar-refractivity contribution in [1.29, 1.82) is 0 Å². The summed E-state index contributed by atoms with van der Waals surface area (Å²) in [6.07, 6.45) is 4.48. The Bertz CT molecular complexity index is 919. The van der Waals surface area contributed by atoms with Crippen molar-refractivity contribution in [2.24, 2.45) is 5.92 Å². The van der Waals surface area contributed by atoms with Crippen LogP contribution in [0.4, 0.5) is 5.69 Å². The van der Waals surface area contributed by atoms with Gasteiger partial charge in [0, 0.05) is 37.3 Å². The van der Waals surface area contributed by atoms with Crippen LogP contribution in [0.2, 0.25) is 0 Å². The molecule has 2 aliphatic rings. The van der Waals surface area contributed by atoms with Crippen molar-refractivity contribution in [1.82, 2.24) is 10.2 Å². The highest BCUT2D eigenvalue weighted by Crippen LogP contribution is 2.22. The van der Waals surface area contributed by atoms with Gasteiger partial charge in [-0.2, -0.15) is 0 Å². The fraction of sp³-hybridized carbons (Fsp3) is 0.400. The van der Waals surface area contributed by atoms with Gasteiger partial charge in [0.05, 0.1) is 6.54 Å². The molecule has 31 heavy (non-hydrogen) atoms. The second kappa shape index (κ2) is 9.77. The topological polar surface area (TPSA) is 69.7 Å². The fourth-order valence-electron chi connectivity index (χ4n) is 4.42. The van der Waals surface area contributed by atoms with Crippen molar-refractivity contribution >= 4 is 23.4 Å². The zero-order valence-corrected chi connectivity index (χ0v) is 17.8. The molecule has 6 heteroatoms. The van der Waals surface area contributed by atoms with Gasteiger partial charge < -0.3 is 15.1 Å². The van der Waals surface area contributed by atoms with Crippen molar-refractivity contribution in [2.45, 2.75) is 32.1 Å². The van der Waals surface area contributed by atoms with Crippen LogP contribution in [-0.4, -0.2) is 48.8 Å². The van der Waals surface area contributed by atoms with Crippen LogP contribution in [0.25, 0.3) is 0 Å². The number of nitrogens with zero attached hydrogens (tertiary/aromatic N) is 2. The number of carbonyl (C=O) groups is 3. The van der Waals surface area contributed by atoms with Crippen molar-refractivity contribution in [3.8, 4) is 0 Å². The standard InChI is InChI=1S/C25H29N3O3/c29-23-7-4-14-28(23)22-10-8-21(9-11-22)25(31)26-18-24(30)27-15-12-20(13-16-27)17-19-5-2-1-3-6-19/h1-3,5-6,8-11,20H,4,7,12-18H2,(H,26,31). The third-order valence-electron chi connectivity index (χ3n) is 6.25. The molecule has 0 bridgehead atoms. The number of rotatable bonds is 6. The molecule has 0 aliphatic carbocycles. The van der Waals surface area contributed by atoms with Crippen LogP contribution in [-0.2, 0) is 16.0 Å². The highest BCUT2D eigenvalue weighted by atomic mass is 16.2. The highest BCUT2D eigenvalue weighted by Gasteiger charge is 2.24. The third kappa shape index (κ3) is 5.32. The number of carbonyl (C=O) groups excluding carboxylic acids is 3. The van der Waals surface area contributed by atoms with Gasteiger partial charge >= 0.3 is 0 Å². The quantitative estimate of drug-likeness (QED) is 0.783. The Morgan fingerprint density at radius 3 is 2.29 bits per heavy atom. The lowest BCUT2D eigenvalue weighted by atomic mass is 9.90. The van der Waals surface area contributed by atoms with Gasteiger partial charge in [-0.25, -0.2) is 0 Å². The second-order valence-corrected chi connectivity index (χ2v) is 8.39. The van der Waals surface area contributed by atoms with E-state index in [0.29, 0.717) is 17.9 Å². The van der Waals surface area contributed by atoms with Gasteiger partial charge in [0.1, 0.15) is 0 Å². The average Bonchev–Trinajstić information content (AvgIpc) is 3.24. The van der Waals surface area contributed by atoms with Crippen LogP contribution >= 0.6 is 0 Å². The van der Waals surface area contributed by atoms with Crippen LogP contribution in [0, 0.1) is 5.92 Å². The van der Waals surface area contributed by atoms with Gasteiger partial charge in [-0.15, -0.1) is 0 Å². The molecule has 3 amide bonds. The molecule has 0 radical (unpaired) electrons. The molecule has 0 spiro atoms. The van der Waals surface area contributed by atoms with Crippen molar-refractivity contribution < 1.29 is 14.4 Å². The SMILES string of the molecule is O=C(NCC(=O)N1CCC(Cc2ccccc2)CC1)c1ccc(N2CCCC2=O)cc1. The Hall–Kier alpha value is -3.15. The summed E-state index contributed by atoms with van der Waals surface area (Å²) < 4.78 is 0. The maximum atomic E-state index is 12.5. The van der Waals surface area contributed by atoms with Gasteiger partial charge in [-0.3, -0.25) is 14.4 Å². The van der Waals surface area contributed by atoms with Gasteiger partial charge in [0.2, 0.25) is 11.8 Å². The maximum Gasteiger partial charge on any atom is 0.251 e. The second-order valence-electron chi connectivity index (χ2n) is 8.39. The first-order chi connectivity index (χ1) is 15.1. The summed E-state index contributed by atoms with van der Waals surface area (Å²) >= 11 is 0.